The molecule has 1 aromatic carbocycles. The molecule has 4 nitrogen and oxygen atoms in total. The predicted octanol–water partition coefficient (Wildman–Crippen LogP) is 0.423. The van der Waals surface area contributed by atoms with Gasteiger partial charge in [-0.15, -0.1) is 0 Å². The van der Waals surface area contributed by atoms with Crippen molar-refractivity contribution >= 4 is 5.78 Å². The van der Waals surface area contributed by atoms with Gasteiger partial charge >= 0.3 is 0 Å². The lowest BCUT2D eigenvalue weighted by Crippen LogP contribution is -3.41. The molecule has 0 aromatic heterocycles. The zero-order chi connectivity index (χ0) is 17.7. The lowest BCUT2D eigenvalue weighted by Gasteiger charge is -2.59. The molecule has 0 spiro atoms. The minimum absolute atomic E-state index is 0.0752. The van der Waals surface area contributed by atoms with Crippen LogP contribution in [0.15, 0.2) is 36.9 Å². The Hall–Kier alpha value is -1.65. The first kappa shape index (κ1) is 16.8. The van der Waals surface area contributed by atoms with Crippen molar-refractivity contribution < 1.29 is 19.3 Å². The monoisotopic (exact) mass is 342 g/mol. The highest BCUT2D eigenvalue weighted by Gasteiger charge is 2.69. The number of carbonyl (C=O) groups is 1. The number of hydrogen-bond donors (Lipinski definition) is 2. The van der Waals surface area contributed by atoms with E-state index in [0.717, 1.165) is 44.8 Å². The summed E-state index contributed by atoms with van der Waals surface area (Å²) in [5.41, 5.74) is 1.17. The largest absolute Gasteiger partial charge is 0.490 e. The standard InChI is InChI=1S/C21H28N2O2/c1-4-10-21-14-22-12-20(3,19(21)24)13-23(15-21)18(22)16-6-8-17(9-7-16)25-11-5-2/h5-9,18H,2,4,10-15H2,1,3H3/p+2. The average Bonchev–Trinajstić information content (AvgIpc) is 2.58. The van der Waals surface area contributed by atoms with Gasteiger partial charge in [0.15, 0.2) is 5.78 Å². The van der Waals surface area contributed by atoms with Crippen molar-refractivity contribution in [3.63, 3.8) is 0 Å². The molecule has 4 heteroatoms. The molecule has 0 radical (unpaired) electrons. The van der Waals surface area contributed by atoms with Crippen LogP contribution >= 0.6 is 0 Å². The van der Waals surface area contributed by atoms with Crippen LogP contribution in [0.4, 0.5) is 0 Å². The van der Waals surface area contributed by atoms with Gasteiger partial charge < -0.3 is 4.74 Å². The van der Waals surface area contributed by atoms with Gasteiger partial charge in [0, 0.05) is 0 Å². The maximum absolute atomic E-state index is 13.1. The van der Waals surface area contributed by atoms with Crippen molar-refractivity contribution in [3.05, 3.63) is 42.5 Å². The molecule has 4 bridgehead atoms. The summed E-state index contributed by atoms with van der Waals surface area (Å²) in [5, 5.41) is 0. The maximum Gasteiger partial charge on any atom is 0.240 e. The van der Waals surface area contributed by atoms with Gasteiger partial charge in [-0.25, -0.2) is 0 Å². The Kier molecular flexibility index (Phi) is 4.00. The van der Waals surface area contributed by atoms with Crippen LogP contribution in [0, 0.1) is 10.8 Å². The highest BCUT2D eigenvalue weighted by Crippen LogP contribution is 2.39. The van der Waals surface area contributed by atoms with Crippen LogP contribution in [0.5, 0.6) is 5.75 Å². The summed E-state index contributed by atoms with van der Waals surface area (Å²) < 4.78 is 5.62. The first-order chi connectivity index (χ1) is 12.0. The van der Waals surface area contributed by atoms with Crippen LogP contribution in [0.3, 0.4) is 0 Å². The molecule has 2 atom stereocenters. The third kappa shape index (κ3) is 2.54. The van der Waals surface area contributed by atoms with E-state index in [1.54, 1.807) is 15.9 Å². The molecule has 4 heterocycles. The van der Waals surface area contributed by atoms with Gasteiger partial charge in [-0.05, 0) is 37.6 Å². The summed E-state index contributed by atoms with van der Waals surface area (Å²) in [6, 6.07) is 8.56. The Morgan fingerprint density at radius 1 is 1.20 bits per heavy atom. The normalized spacial score (nSPS) is 38.8. The second kappa shape index (κ2) is 5.96. The van der Waals surface area contributed by atoms with E-state index >= 15 is 0 Å². The van der Waals surface area contributed by atoms with Crippen molar-refractivity contribution in [1.82, 2.24) is 0 Å². The summed E-state index contributed by atoms with van der Waals surface area (Å²) in [7, 11) is 0. The molecular weight excluding hydrogens is 312 g/mol. The summed E-state index contributed by atoms with van der Waals surface area (Å²) in [4.78, 5) is 16.3. The highest BCUT2D eigenvalue weighted by atomic mass is 16.5. The molecule has 25 heavy (non-hydrogen) atoms. The summed E-state index contributed by atoms with van der Waals surface area (Å²) >= 11 is 0. The number of benzene rings is 1. The number of nitrogens with one attached hydrogen (secondary N) is 2. The summed E-state index contributed by atoms with van der Waals surface area (Å²) in [5.74, 6) is 1.45. The van der Waals surface area contributed by atoms with Crippen LogP contribution in [-0.2, 0) is 4.79 Å². The van der Waals surface area contributed by atoms with Crippen molar-refractivity contribution in [1.29, 1.82) is 0 Å². The lowest BCUT2D eigenvalue weighted by atomic mass is 9.59. The van der Waals surface area contributed by atoms with E-state index in [1.165, 1.54) is 5.56 Å². The van der Waals surface area contributed by atoms with E-state index in [4.69, 9.17) is 4.74 Å². The van der Waals surface area contributed by atoms with Gasteiger partial charge in [0.05, 0.1) is 18.7 Å². The van der Waals surface area contributed by atoms with Gasteiger partial charge in [-0.2, -0.15) is 0 Å². The number of hydrogen-bond acceptors (Lipinski definition) is 2. The zero-order valence-electron chi connectivity index (χ0n) is 15.4. The maximum atomic E-state index is 13.1. The van der Waals surface area contributed by atoms with E-state index in [0.29, 0.717) is 18.6 Å². The molecule has 4 saturated heterocycles. The van der Waals surface area contributed by atoms with Crippen LogP contribution in [0.25, 0.3) is 0 Å². The van der Waals surface area contributed by atoms with Crippen LogP contribution in [0.1, 0.15) is 38.4 Å². The van der Waals surface area contributed by atoms with Gasteiger partial charge in [0.25, 0.3) is 0 Å². The summed E-state index contributed by atoms with van der Waals surface area (Å²) in [6.07, 6.45) is 4.37. The molecule has 4 aliphatic heterocycles. The third-order valence-electron chi connectivity index (χ3n) is 6.52. The van der Waals surface area contributed by atoms with E-state index in [1.807, 2.05) is 0 Å². The smallest absolute Gasteiger partial charge is 0.240 e. The fourth-order valence-electron chi connectivity index (χ4n) is 5.93. The molecular formula is C21H30N2O2+2. The van der Waals surface area contributed by atoms with Gasteiger partial charge in [0.1, 0.15) is 36.3 Å². The topological polar surface area (TPSA) is 35.2 Å². The molecule has 4 fully saturated rings. The zero-order valence-corrected chi connectivity index (χ0v) is 15.4. The fourth-order valence-corrected chi connectivity index (χ4v) is 5.93. The number of piperidine rings is 2. The Bertz CT molecular complexity index is 666. The Morgan fingerprint density at radius 2 is 1.84 bits per heavy atom. The Labute approximate surface area is 150 Å². The number of Topliss-reactive ketones (excluding diaryl/α,β-unsaturated/α-hetero) is 1. The molecule has 5 rings (SSSR count). The first-order valence-corrected chi connectivity index (χ1v) is 9.59. The molecule has 2 unspecified atom stereocenters. The molecule has 0 aliphatic carbocycles. The van der Waals surface area contributed by atoms with E-state index in [9.17, 15) is 4.79 Å². The second-order valence-corrected chi connectivity index (χ2v) is 8.55. The molecule has 1 aromatic rings. The minimum Gasteiger partial charge on any atom is -0.490 e. The molecule has 134 valence electrons. The Morgan fingerprint density at radius 3 is 2.40 bits per heavy atom. The van der Waals surface area contributed by atoms with Crippen LogP contribution < -0.4 is 14.5 Å². The van der Waals surface area contributed by atoms with Gasteiger partial charge in [-0.1, -0.05) is 26.0 Å². The van der Waals surface area contributed by atoms with E-state index in [2.05, 4.69) is 44.7 Å². The van der Waals surface area contributed by atoms with Gasteiger partial charge in [-0.3, -0.25) is 14.6 Å². The van der Waals surface area contributed by atoms with Crippen molar-refractivity contribution in [3.8, 4) is 5.75 Å². The molecule has 4 aliphatic rings. The lowest BCUT2D eigenvalue weighted by molar-refractivity contribution is -1.18. The molecule has 2 N–H and O–H groups in total. The predicted molar refractivity (Wildman–Crippen MR) is 96.7 cm³/mol. The average molecular weight is 342 g/mol. The second-order valence-electron chi connectivity index (χ2n) is 8.55. The van der Waals surface area contributed by atoms with Gasteiger partial charge in [0.2, 0.25) is 6.17 Å². The van der Waals surface area contributed by atoms with Crippen molar-refractivity contribution in [2.75, 3.05) is 32.8 Å². The van der Waals surface area contributed by atoms with E-state index < -0.39 is 0 Å². The van der Waals surface area contributed by atoms with E-state index in [-0.39, 0.29) is 10.8 Å². The number of carbonyl (C=O) groups excluding carboxylic acids is 1. The quantitative estimate of drug-likeness (QED) is 0.735. The Balaban J connectivity index is 1.60. The van der Waals surface area contributed by atoms with Crippen LogP contribution in [0.2, 0.25) is 0 Å². The molecule has 0 amide bonds. The SMILES string of the molecule is C=CCOc1ccc(C2[NH+]3CC4(C)C[NH+]2CC(CCC)(C3)C4=O)cc1. The van der Waals surface area contributed by atoms with Crippen LogP contribution in [-0.4, -0.2) is 38.6 Å². The fraction of sp³-hybridized carbons (Fsp3) is 0.571. The van der Waals surface area contributed by atoms with Crippen molar-refractivity contribution in [2.24, 2.45) is 10.8 Å². The number of ketones is 1. The third-order valence-corrected chi connectivity index (χ3v) is 6.52. The molecule has 0 saturated carbocycles. The number of rotatable bonds is 6. The van der Waals surface area contributed by atoms with Crippen molar-refractivity contribution in [2.45, 2.75) is 32.9 Å². The highest BCUT2D eigenvalue weighted by molar-refractivity contribution is 5.91. The summed E-state index contributed by atoms with van der Waals surface area (Å²) in [6.45, 7) is 12.6. The number of quaternary nitrogens is 2. The minimum atomic E-state index is -0.125. The first-order valence-electron chi connectivity index (χ1n) is 9.59. The number of ether oxygens (including phenoxy) is 1.